The van der Waals surface area contributed by atoms with E-state index in [0.29, 0.717) is 5.92 Å². The Labute approximate surface area is 149 Å². The number of nitrogens with one attached hydrogen (secondary N) is 1. The number of benzene rings is 2. The maximum Gasteiger partial charge on any atom is 0.135 e. The number of hydrogen-bond acceptors (Lipinski definition) is 4. The lowest BCUT2D eigenvalue weighted by atomic mass is 10.0. The van der Waals surface area contributed by atoms with Crippen LogP contribution >= 0.6 is 0 Å². The Bertz CT molecular complexity index is 798. The highest BCUT2D eigenvalue weighted by Crippen LogP contribution is 2.21. The highest BCUT2D eigenvalue weighted by Gasteiger charge is 2.06. The maximum atomic E-state index is 4.39. The summed E-state index contributed by atoms with van der Waals surface area (Å²) < 4.78 is 0. The molecule has 1 N–H and O–H groups in total. The van der Waals surface area contributed by atoms with E-state index in [1.54, 1.807) is 6.33 Å². The predicted octanol–water partition coefficient (Wildman–Crippen LogP) is 4.98. The van der Waals surface area contributed by atoms with E-state index in [-0.39, 0.29) is 0 Å². The van der Waals surface area contributed by atoms with Crippen LogP contribution in [0.4, 0.5) is 17.3 Å². The fourth-order valence-electron chi connectivity index (χ4n) is 2.66. The van der Waals surface area contributed by atoms with E-state index in [9.17, 15) is 0 Å². The van der Waals surface area contributed by atoms with Gasteiger partial charge in [-0.3, -0.25) is 0 Å². The minimum absolute atomic E-state index is 0.534. The Kier molecular flexibility index (Phi) is 5.29. The lowest BCUT2D eigenvalue weighted by Gasteiger charge is -2.18. The molecule has 4 nitrogen and oxygen atoms in total. The summed E-state index contributed by atoms with van der Waals surface area (Å²) in [5.41, 5.74) is 3.61. The van der Waals surface area contributed by atoms with Gasteiger partial charge in [0.15, 0.2) is 0 Å². The highest BCUT2D eigenvalue weighted by molar-refractivity contribution is 5.59. The number of rotatable bonds is 6. The molecule has 0 fully saturated rings. The Morgan fingerprint density at radius 3 is 2.36 bits per heavy atom. The zero-order valence-electron chi connectivity index (χ0n) is 15.0. The van der Waals surface area contributed by atoms with Gasteiger partial charge in [0, 0.05) is 25.3 Å². The van der Waals surface area contributed by atoms with Crippen molar-refractivity contribution in [3.63, 3.8) is 0 Å². The Morgan fingerprint density at radius 1 is 0.960 bits per heavy atom. The molecule has 4 heteroatoms. The summed E-state index contributed by atoms with van der Waals surface area (Å²) in [6, 6.07) is 20.8. The molecule has 0 aliphatic heterocycles. The van der Waals surface area contributed by atoms with Gasteiger partial charge in [-0.25, -0.2) is 9.97 Å². The second-order valence-electron chi connectivity index (χ2n) is 6.50. The van der Waals surface area contributed by atoms with Crippen molar-refractivity contribution in [3.8, 4) is 0 Å². The Morgan fingerprint density at radius 2 is 1.68 bits per heavy atom. The van der Waals surface area contributed by atoms with Crippen LogP contribution < -0.4 is 10.2 Å². The molecule has 0 aliphatic rings. The molecule has 0 unspecified atom stereocenters. The van der Waals surface area contributed by atoms with Gasteiger partial charge in [-0.05, 0) is 29.2 Å². The summed E-state index contributed by atoms with van der Waals surface area (Å²) in [5.74, 6) is 2.22. The van der Waals surface area contributed by atoms with Crippen LogP contribution in [-0.2, 0) is 6.54 Å². The molecule has 0 saturated carbocycles. The van der Waals surface area contributed by atoms with Crippen molar-refractivity contribution in [2.45, 2.75) is 26.3 Å². The second kappa shape index (κ2) is 7.79. The van der Waals surface area contributed by atoms with E-state index in [1.165, 1.54) is 11.1 Å². The van der Waals surface area contributed by atoms with E-state index in [4.69, 9.17) is 0 Å². The van der Waals surface area contributed by atoms with Crippen LogP contribution in [0.15, 0.2) is 67.0 Å². The molecule has 0 atom stereocenters. The van der Waals surface area contributed by atoms with Gasteiger partial charge < -0.3 is 10.2 Å². The SMILES string of the molecule is CC(C)c1ccc(Nc2cc(N(C)Cc3ccccc3)ncn2)cc1. The monoisotopic (exact) mass is 332 g/mol. The summed E-state index contributed by atoms with van der Waals surface area (Å²) in [6.07, 6.45) is 1.60. The Hall–Kier alpha value is -2.88. The summed E-state index contributed by atoms with van der Waals surface area (Å²) in [5, 5.41) is 3.35. The third-order valence-corrected chi connectivity index (χ3v) is 4.16. The molecule has 0 bridgehead atoms. The van der Waals surface area contributed by atoms with Crippen molar-refractivity contribution < 1.29 is 0 Å². The quantitative estimate of drug-likeness (QED) is 0.691. The van der Waals surface area contributed by atoms with Gasteiger partial charge in [0.2, 0.25) is 0 Å². The standard InChI is InChI=1S/C21H24N4/c1-16(2)18-9-11-19(12-10-18)24-20-13-21(23-15-22-20)25(3)14-17-7-5-4-6-8-17/h4-13,15-16H,14H2,1-3H3,(H,22,23,24). The largest absolute Gasteiger partial charge is 0.355 e. The Balaban J connectivity index is 1.70. The molecule has 1 heterocycles. The zero-order valence-corrected chi connectivity index (χ0v) is 15.0. The van der Waals surface area contributed by atoms with Crippen LogP contribution in [0.25, 0.3) is 0 Å². The van der Waals surface area contributed by atoms with Gasteiger partial charge in [0.25, 0.3) is 0 Å². The van der Waals surface area contributed by atoms with Crippen molar-refractivity contribution in [3.05, 3.63) is 78.1 Å². The molecule has 1 aromatic heterocycles. The van der Waals surface area contributed by atoms with Crippen LogP contribution in [0.5, 0.6) is 0 Å². The lowest BCUT2D eigenvalue weighted by molar-refractivity contribution is 0.867. The molecule has 2 aromatic carbocycles. The molecular weight excluding hydrogens is 308 g/mol. The third-order valence-electron chi connectivity index (χ3n) is 4.16. The molecule has 3 aromatic rings. The van der Waals surface area contributed by atoms with Crippen LogP contribution in [0.3, 0.4) is 0 Å². The van der Waals surface area contributed by atoms with Gasteiger partial charge in [-0.2, -0.15) is 0 Å². The first-order chi connectivity index (χ1) is 12.1. The average Bonchev–Trinajstić information content (AvgIpc) is 2.63. The van der Waals surface area contributed by atoms with Crippen molar-refractivity contribution in [2.24, 2.45) is 0 Å². The van der Waals surface area contributed by atoms with E-state index in [1.807, 2.05) is 19.2 Å². The van der Waals surface area contributed by atoms with Gasteiger partial charge in [0.1, 0.15) is 18.0 Å². The van der Waals surface area contributed by atoms with E-state index < -0.39 is 0 Å². The number of nitrogens with zero attached hydrogens (tertiary/aromatic N) is 3. The summed E-state index contributed by atoms with van der Waals surface area (Å²) in [4.78, 5) is 10.8. The molecule has 0 saturated heterocycles. The van der Waals surface area contributed by atoms with Gasteiger partial charge in [-0.15, -0.1) is 0 Å². The second-order valence-corrected chi connectivity index (χ2v) is 6.50. The van der Waals surface area contributed by atoms with E-state index >= 15 is 0 Å². The maximum absolute atomic E-state index is 4.39. The molecule has 0 radical (unpaired) electrons. The van der Waals surface area contributed by atoms with Crippen LogP contribution in [0.2, 0.25) is 0 Å². The zero-order chi connectivity index (χ0) is 17.6. The number of anilines is 3. The molecular formula is C21H24N4. The minimum Gasteiger partial charge on any atom is -0.355 e. The highest BCUT2D eigenvalue weighted by atomic mass is 15.2. The van der Waals surface area contributed by atoms with Gasteiger partial charge in [0.05, 0.1) is 0 Å². The first kappa shape index (κ1) is 17.0. The molecule has 25 heavy (non-hydrogen) atoms. The molecule has 0 amide bonds. The minimum atomic E-state index is 0.534. The van der Waals surface area contributed by atoms with Crippen molar-refractivity contribution in [2.75, 3.05) is 17.3 Å². The lowest BCUT2D eigenvalue weighted by Crippen LogP contribution is -2.17. The van der Waals surface area contributed by atoms with E-state index in [2.05, 4.69) is 82.6 Å². The fraction of sp³-hybridized carbons (Fsp3) is 0.238. The molecule has 3 rings (SSSR count). The molecule has 0 aliphatic carbocycles. The van der Waals surface area contributed by atoms with Crippen molar-refractivity contribution in [1.29, 1.82) is 0 Å². The molecule has 128 valence electrons. The summed E-state index contributed by atoms with van der Waals surface area (Å²) in [6.45, 7) is 5.20. The fourth-order valence-corrected chi connectivity index (χ4v) is 2.66. The van der Waals surface area contributed by atoms with Crippen molar-refractivity contribution >= 4 is 17.3 Å². The average molecular weight is 332 g/mol. The van der Waals surface area contributed by atoms with Crippen LogP contribution in [0.1, 0.15) is 30.9 Å². The third kappa shape index (κ3) is 4.57. The predicted molar refractivity (Wildman–Crippen MR) is 104 cm³/mol. The topological polar surface area (TPSA) is 41.0 Å². The number of aromatic nitrogens is 2. The van der Waals surface area contributed by atoms with Crippen LogP contribution in [-0.4, -0.2) is 17.0 Å². The summed E-state index contributed by atoms with van der Waals surface area (Å²) >= 11 is 0. The van der Waals surface area contributed by atoms with Gasteiger partial charge >= 0.3 is 0 Å². The van der Waals surface area contributed by atoms with Crippen LogP contribution in [0, 0.1) is 0 Å². The van der Waals surface area contributed by atoms with E-state index in [0.717, 1.165) is 23.9 Å². The smallest absolute Gasteiger partial charge is 0.135 e. The number of hydrogen-bond donors (Lipinski definition) is 1. The normalized spacial score (nSPS) is 10.7. The summed E-state index contributed by atoms with van der Waals surface area (Å²) in [7, 11) is 2.04. The first-order valence-corrected chi connectivity index (χ1v) is 8.56. The first-order valence-electron chi connectivity index (χ1n) is 8.56. The van der Waals surface area contributed by atoms with Crippen molar-refractivity contribution in [1.82, 2.24) is 9.97 Å². The van der Waals surface area contributed by atoms with Gasteiger partial charge in [-0.1, -0.05) is 56.3 Å². The molecule has 0 spiro atoms.